The van der Waals surface area contributed by atoms with Gasteiger partial charge in [-0.15, -0.1) is 0 Å². The fourth-order valence-electron chi connectivity index (χ4n) is 1.93. The van der Waals surface area contributed by atoms with Gasteiger partial charge >= 0.3 is 0 Å². The number of hydrogen-bond acceptors (Lipinski definition) is 5. The minimum Gasteiger partial charge on any atom is -0.467 e. The number of rotatable bonds is 6. The van der Waals surface area contributed by atoms with E-state index in [4.69, 9.17) is 18.9 Å². The number of benzene rings is 1. The van der Waals surface area contributed by atoms with Crippen molar-refractivity contribution in [1.82, 2.24) is 4.98 Å². The number of aromatic amines is 1. The quantitative estimate of drug-likeness (QED) is 0.816. The topological polar surface area (TPSA) is 69.8 Å². The minimum atomic E-state index is -0.204. The summed E-state index contributed by atoms with van der Waals surface area (Å²) in [5.74, 6) is 0.979. The maximum Gasteiger partial charge on any atom is 0.259 e. The third kappa shape index (κ3) is 3.09. The molecular weight excluding hydrogens is 262 g/mol. The normalized spacial score (nSPS) is 10.8. The van der Waals surface area contributed by atoms with Gasteiger partial charge in [0.15, 0.2) is 13.6 Å². The first-order valence-electron chi connectivity index (χ1n) is 6.07. The lowest BCUT2D eigenvalue weighted by atomic mass is 10.1. The fourth-order valence-corrected chi connectivity index (χ4v) is 1.93. The molecule has 0 bridgehead atoms. The number of hydrogen-bond donors (Lipinski definition) is 1. The summed E-state index contributed by atoms with van der Waals surface area (Å²) < 4.78 is 20.6. The molecule has 20 heavy (non-hydrogen) atoms. The molecule has 0 saturated heterocycles. The van der Waals surface area contributed by atoms with Crippen LogP contribution in [0.25, 0.3) is 10.8 Å². The van der Waals surface area contributed by atoms with E-state index in [0.717, 1.165) is 11.1 Å². The van der Waals surface area contributed by atoms with Gasteiger partial charge < -0.3 is 23.9 Å². The lowest BCUT2D eigenvalue weighted by Crippen LogP contribution is -2.11. The first-order valence-corrected chi connectivity index (χ1v) is 6.07. The van der Waals surface area contributed by atoms with E-state index in [1.165, 1.54) is 14.2 Å². The predicted octanol–water partition coefficient (Wildman–Crippen LogP) is 1.80. The summed E-state index contributed by atoms with van der Waals surface area (Å²) in [6.07, 6.45) is 0. The smallest absolute Gasteiger partial charge is 0.259 e. The maximum atomic E-state index is 12.1. The van der Waals surface area contributed by atoms with Gasteiger partial charge in [0.05, 0.1) is 5.39 Å². The number of aromatic nitrogens is 1. The number of aryl methyl sites for hydroxylation is 1. The first-order chi connectivity index (χ1) is 9.65. The molecule has 6 heteroatoms. The Morgan fingerprint density at radius 1 is 1.05 bits per heavy atom. The van der Waals surface area contributed by atoms with Crippen LogP contribution in [0.5, 0.6) is 11.5 Å². The lowest BCUT2D eigenvalue weighted by Gasteiger charge is -2.12. The van der Waals surface area contributed by atoms with Gasteiger partial charge in [0.2, 0.25) is 0 Å². The number of ether oxygens (including phenoxy) is 4. The molecule has 108 valence electrons. The molecule has 1 N–H and O–H groups in total. The maximum absolute atomic E-state index is 12.1. The van der Waals surface area contributed by atoms with E-state index in [2.05, 4.69) is 4.98 Å². The van der Waals surface area contributed by atoms with Crippen LogP contribution >= 0.6 is 0 Å². The summed E-state index contributed by atoms with van der Waals surface area (Å²) in [5, 5.41) is 1.21. The van der Waals surface area contributed by atoms with Gasteiger partial charge in [-0.3, -0.25) is 4.79 Å². The van der Waals surface area contributed by atoms with Crippen molar-refractivity contribution in [3.63, 3.8) is 0 Å². The van der Waals surface area contributed by atoms with Gasteiger partial charge in [0.25, 0.3) is 5.56 Å². The molecule has 0 atom stereocenters. The highest BCUT2D eigenvalue weighted by molar-refractivity contribution is 5.89. The highest BCUT2D eigenvalue weighted by Crippen LogP contribution is 2.29. The highest BCUT2D eigenvalue weighted by atomic mass is 16.7. The lowest BCUT2D eigenvalue weighted by molar-refractivity contribution is 0.0468. The van der Waals surface area contributed by atoms with Crippen molar-refractivity contribution in [3.05, 3.63) is 34.2 Å². The summed E-state index contributed by atoms with van der Waals surface area (Å²) in [6, 6.07) is 5.28. The van der Waals surface area contributed by atoms with Crippen LogP contribution in [0.15, 0.2) is 23.0 Å². The molecule has 0 unspecified atom stereocenters. The van der Waals surface area contributed by atoms with Crippen molar-refractivity contribution in [3.8, 4) is 11.5 Å². The van der Waals surface area contributed by atoms with E-state index >= 15 is 0 Å². The standard InChI is InChI=1S/C14H17NO5/c1-9-4-10-5-11(19-7-17-2)6-12(20-8-18-3)13(10)14(16)15-9/h4-6H,7-8H2,1-3H3,(H,15,16). The first kappa shape index (κ1) is 14.4. The monoisotopic (exact) mass is 279 g/mol. The summed E-state index contributed by atoms with van der Waals surface area (Å²) in [5.41, 5.74) is 0.563. The summed E-state index contributed by atoms with van der Waals surface area (Å²) in [4.78, 5) is 14.8. The van der Waals surface area contributed by atoms with E-state index in [9.17, 15) is 4.79 Å². The molecule has 0 aliphatic heterocycles. The Balaban J connectivity index is 2.55. The largest absolute Gasteiger partial charge is 0.467 e. The molecule has 2 rings (SSSR count). The van der Waals surface area contributed by atoms with Crippen LogP contribution < -0.4 is 15.0 Å². The molecule has 0 saturated carbocycles. The van der Waals surface area contributed by atoms with Gasteiger partial charge in [0.1, 0.15) is 11.5 Å². The van der Waals surface area contributed by atoms with Crippen molar-refractivity contribution < 1.29 is 18.9 Å². The number of methoxy groups -OCH3 is 2. The summed E-state index contributed by atoms with van der Waals surface area (Å²) >= 11 is 0. The number of fused-ring (bicyclic) bond motifs is 1. The van der Waals surface area contributed by atoms with Crippen LogP contribution in [0.1, 0.15) is 5.69 Å². The molecule has 1 aromatic heterocycles. The van der Waals surface area contributed by atoms with E-state index in [1.807, 2.05) is 13.0 Å². The zero-order chi connectivity index (χ0) is 14.5. The molecule has 0 fully saturated rings. The van der Waals surface area contributed by atoms with Crippen molar-refractivity contribution in [2.24, 2.45) is 0 Å². The molecule has 1 heterocycles. The molecule has 0 aliphatic rings. The van der Waals surface area contributed by atoms with Crippen LogP contribution in [0.4, 0.5) is 0 Å². The Morgan fingerprint density at radius 2 is 1.75 bits per heavy atom. The summed E-state index contributed by atoms with van der Waals surface area (Å²) in [6.45, 7) is 1.99. The highest BCUT2D eigenvalue weighted by Gasteiger charge is 2.11. The van der Waals surface area contributed by atoms with Crippen molar-refractivity contribution in [1.29, 1.82) is 0 Å². The molecule has 0 amide bonds. The van der Waals surface area contributed by atoms with E-state index in [-0.39, 0.29) is 19.1 Å². The van der Waals surface area contributed by atoms with Crippen LogP contribution in [0, 0.1) is 6.92 Å². The number of pyridine rings is 1. The second-order valence-corrected chi connectivity index (χ2v) is 4.27. The van der Waals surface area contributed by atoms with Crippen LogP contribution in [0.3, 0.4) is 0 Å². The van der Waals surface area contributed by atoms with E-state index < -0.39 is 0 Å². The van der Waals surface area contributed by atoms with E-state index in [0.29, 0.717) is 16.9 Å². The number of H-pyrrole nitrogens is 1. The average Bonchev–Trinajstić information content (AvgIpc) is 2.41. The summed E-state index contributed by atoms with van der Waals surface area (Å²) in [7, 11) is 3.06. The van der Waals surface area contributed by atoms with Gasteiger partial charge in [-0.2, -0.15) is 0 Å². The second-order valence-electron chi connectivity index (χ2n) is 4.27. The second kappa shape index (κ2) is 6.40. The van der Waals surface area contributed by atoms with Crippen LogP contribution in [-0.2, 0) is 9.47 Å². The van der Waals surface area contributed by atoms with Crippen LogP contribution in [0.2, 0.25) is 0 Å². The third-order valence-electron chi connectivity index (χ3n) is 2.69. The Hall–Kier alpha value is -2.05. The zero-order valence-corrected chi connectivity index (χ0v) is 11.7. The molecule has 0 aliphatic carbocycles. The molecule has 6 nitrogen and oxygen atoms in total. The van der Waals surface area contributed by atoms with Gasteiger partial charge in [-0.1, -0.05) is 0 Å². The molecular formula is C14H17NO5. The Labute approximate surface area is 116 Å². The predicted molar refractivity (Wildman–Crippen MR) is 74.3 cm³/mol. The van der Waals surface area contributed by atoms with Crippen LogP contribution in [-0.4, -0.2) is 32.8 Å². The minimum absolute atomic E-state index is 0.0517. The van der Waals surface area contributed by atoms with Crippen molar-refractivity contribution >= 4 is 10.8 Å². The van der Waals surface area contributed by atoms with Gasteiger partial charge in [-0.05, 0) is 24.4 Å². The molecule has 0 radical (unpaired) electrons. The SMILES string of the molecule is COCOc1cc(OCOC)c2c(=O)[nH]c(C)cc2c1. The van der Waals surface area contributed by atoms with Gasteiger partial charge in [-0.25, -0.2) is 0 Å². The van der Waals surface area contributed by atoms with Crippen molar-refractivity contribution in [2.75, 3.05) is 27.8 Å². The zero-order valence-electron chi connectivity index (χ0n) is 11.7. The third-order valence-corrected chi connectivity index (χ3v) is 2.69. The average molecular weight is 279 g/mol. The van der Waals surface area contributed by atoms with Crippen molar-refractivity contribution in [2.45, 2.75) is 6.92 Å². The van der Waals surface area contributed by atoms with E-state index in [1.54, 1.807) is 12.1 Å². The fraction of sp³-hybridized carbons (Fsp3) is 0.357. The Bertz CT molecular complexity index is 650. The molecule has 1 aromatic carbocycles. The Kier molecular flexibility index (Phi) is 4.60. The Morgan fingerprint density at radius 3 is 2.45 bits per heavy atom. The number of nitrogens with one attached hydrogen (secondary N) is 1. The van der Waals surface area contributed by atoms with Gasteiger partial charge in [0, 0.05) is 26.0 Å². The molecule has 2 aromatic rings. The molecule has 0 spiro atoms.